The molecule has 0 unspecified atom stereocenters. The molecule has 4 N–H and O–H groups in total. The maximum absolute atomic E-state index is 11.6. The fourth-order valence-corrected chi connectivity index (χ4v) is 0.960. The van der Waals surface area contributed by atoms with Crippen molar-refractivity contribution in [2.24, 2.45) is 5.73 Å². The van der Waals surface area contributed by atoms with Gasteiger partial charge in [0.25, 0.3) is 0 Å². The number of hydrogen-bond acceptors (Lipinski definition) is 3. The predicted octanol–water partition coefficient (Wildman–Crippen LogP) is 0.779. The molecule has 90 valence electrons. The van der Waals surface area contributed by atoms with E-state index in [9.17, 15) is 9.90 Å². The molecule has 0 radical (unpaired) electrons. The van der Waals surface area contributed by atoms with Crippen molar-refractivity contribution in [1.29, 1.82) is 0 Å². The van der Waals surface area contributed by atoms with Gasteiger partial charge in [-0.1, -0.05) is 0 Å². The average Bonchev–Trinajstić information content (AvgIpc) is 1.75. The van der Waals surface area contributed by atoms with Crippen LogP contribution in [0.5, 0.6) is 0 Å². The molecular formula is C11H24N2O2. The third-order valence-electron chi connectivity index (χ3n) is 2.60. The zero-order valence-electron chi connectivity index (χ0n) is 10.6. The Bertz CT molecular complexity index is 234. The summed E-state index contributed by atoms with van der Waals surface area (Å²) in [4.78, 5) is 11.6. The van der Waals surface area contributed by atoms with Gasteiger partial charge in [0, 0.05) is 12.0 Å². The summed E-state index contributed by atoms with van der Waals surface area (Å²) in [7, 11) is 0. The van der Waals surface area contributed by atoms with Crippen LogP contribution < -0.4 is 11.1 Å². The van der Waals surface area contributed by atoms with Crippen molar-refractivity contribution in [1.82, 2.24) is 5.32 Å². The lowest BCUT2D eigenvalue weighted by atomic mass is 9.85. The molecule has 0 aliphatic carbocycles. The molecule has 0 atom stereocenters. The number of aliphatic hydroxyl groups is 1. The zero-order valence-corrected chi connectivity index (χ0v) is 10.6. The summed E-state index contributed by atoms with van der Waals surface area (Å²) in [6.07, 6.45) is 0.243. The molecule has 0 aromatic heterocycles. The number of amides is 1. The molecule has 4 heteroatoms. The summed E-state index contributed by atoms with van der Waals surface area (Å²) in [6.45, 7) is 10.5. The molecule has 0 aliphatic heterocycles. The summed E-state index contributed by atoms with van der Waals surface area (Å²) in [6, 6.07) is 0. The normalized spacial score (nSPS) is 13.9. The molecule has 15 heavy (non-hydrogen) atoms. The standard InChI is InChI=1S/C11H24N2O2/c1-9(2,12)7-8(14)13-10(3,4)11(5,6)15/h15H,7,12H2,1-6H3,(H,13,14). The van der Waals surface area contributed by atoms with E-state index >= 15 is 0 Å². The highest BCUT2D eigenvalue weighted by atomic mass is 16.3. The largest absolute Gasteiger partial charge is 0.388 e. The Morgan fingerprint density at radius 1 is 1.20 bits per heavy atom. The van der Waals surface area contributed by atoms with Gasteiger partial charge in [-0.2, -0.15) is 0 Å². The lowest BCUT2D eigenvalue weighted by Gasteiger charge is -2.38. The van der Waals surface area contributed by atoms with Gasteiger partial charge < -0.3 is 16.2 Å². The van der Waals surface area contributed by atoms with E-state index in [1.165, 1.54) is 0 Å². The highest BCUT2D eigenvalue weighted by Crippen LogP contribution is 2.21. The molecule has 0 aromatic rings. The van der Waals surface area contributed by atoms with Crippen LogP contribution >= 0.6 is 0 Å². The molecule has 1 amide bonds. The second-order valence-electron chi connectivity index (χ2n) is 5.90. The molecule has 0 fully saturated rings. The van der Waals surface area contributed by atoms with E-state index in [4.69, 9.17) is 5.73 Å². The lowest BCUT2D eigenvalue weighted by molar-refractivity contribution is -0.127. The van der Waals surface area contributed by atoms with Gasteiger partial charge in [0.15, 0.2) is 0 Å². The fourth-order valence-electron chi connectivity index (χ4n) is 0.960. The summed E-state index contributed by atoms with van der Waals surface area (Å²) < 4.78 is 0. The van der Waals surface area contributed by atoms with E-state index in [0.717, 1.165) is 0 Å². The predicted molar refractivity (Wildman–Crippen MR) is 61.4 cm³/mol. The summed E-state index contributed by atoms with van der Waals surface area (Å²) in [5.41, 5.74) is 3.57. The van der Waals surface area contributed by atoms with Crippen LogP contribution in [-0.2, 0) is 4.79 Å². The fraction of sp³-hybridized carbons (Fsp3) is 0.909. The first-order valence-electron chi connectivity index (χ1n) is 5.17. The maximum Gasteiger partial charge on any atom is 0.222 e. The summed E-state index contributed by atoms with van der Waals surface area (Å²) in [5.74, 6) is -0.144. The summed E-state index contributed by atoms with van der Waals surface area (Å²) >= 11 is 0. The number of rotatable bonds is 4. The van der Waals surface area contributed by atoms with E-state index < -0.39 is 16.7 Å². The van der Waals surface area contributed by atoms with Crippen molar-refractivity contribution in [3.05, 3.63) is 0 Å². The third kappa shape index (κ3) is 5.14. The van der Waals surface area contributed by atoms with Gasteiger partial charge in [0.05, 0.1) is 11.1 Å². The first-order valence-corrected chi connectivity index (χ1v) is 5.17. The minimum atomic E-state index is -0.971. The van der Waals surface area contributed by atoms with Crippen molar-refractivity contribution in [2.45, 2.75) is 64.6 Å². The quantitative estimate of drug-likeness (QED) is 0.650. The number of nitrogens with one attached hydrogen (secondary N) is 1. The molecule has 0 heterocycles. The van der Waals surface area contributed by atoms with Gasteiger partial charge in [-0.05, 0) is 41.5 Å². The number of carbonyl (C=O) groups excluding carboxylic acids is 1. The first-order chi connectivity index (χ1) is 6.35. The Kier molecular flexibility index (Phi) is 3.93. The van der Waals surface area contributed by atoms with Crippen LogP contribution in [0.15, 0.2) is 0 Å². The van der Waals surface area contributed by atoms with Gasteiger partial charge in [0.1, 0.15) is 0 Å². The smallest absolute Gasteiger partial charge is 0.222 e. The van der Waals surface area contributed by atoms with Gasteiger partial charge in [-0.3, -0.25) is 4.79 Å². The van der Waals surface area contributed by atoms with E-state index in [-0.39, 0.29) is 12.3 Å². The van der Waals surface area contributed by atoms with Gasteiger partial charge in [0.2, 0.25) is 5.91 Å². The van der Waals surface area contributed by atoms with Crippen molar-refractivity contribution >= 4 is 5.91 Å². The third-order valence-corrected chi connectivity index (χ3v) is 2.60. The van der Waals surface area contributed by atoms with Crippen molar-refractivity contribution in [3.63, 3.8) is 0 Å². The van der Waals surface area contributed by atoms with Crippen molar-refractivity contribution in [3.8, 4) is 0 Å². The molecule has 0 rings (SSSR count). The molecule has 0 saturated heterocycles. The number of hydrogen-bond donors (Lipinski definition) is 3. The van der Waals surface area contributed by atoms with Gasteiger partial charge >= 0.3 is 0 Å². The van der Waals surface area contributed by atoms with Crippen LogP contribution in [0.25, 0.3) is 0 Å². The first kappa shape index (κ1) is 14.4. The van der Waals surface area contributed by atoms with Crippen LogP contribution in [0.3, 0.4) is 0 Å². The van der Waals surface area contributed by atoms with E-state index in [1.807, 2.05) is 0 Å². The van der Waals surface area contributed by atoms with E-state index in [1.54, 1.807) is 41.5 Å². The van der Waals surface area contributed by atoms with Crippen LogP contribution in [0.2, 0.25) is 0 Å². The van der Waals surface area contributed by atoms with Crippen LogP contribution in [0, 0.1) is 0 Å². The Labute approximate surface area is 92.2 Å². The second-order valence-corrected chi connectivity index (χ2v) is 5.90. The Balaban J connectivity index is 4.43. The van der Waals surface area contributed by atoms with Gasteiger partial charge in [-0.25, -0.2) is 0 Å². The maximum atomic E-state index is 11.6. The van der Waals surface area contributed by atoms with Crippen LogP contribution in [-0.4, -0.2) is 27.7 Å². The number of nitrogens with two attached hydrogens (primary N) is 1. The van der Waals surface area contributed by atoms with Crippen LogP contribution in [0.1, 0.15) is 48.0 Å². The topological polar surface area (TPSA) is 75.4 Å². The average molecular weight is 216 g/mol. The molecule has 0 bridgehead atoms. The summed E-state index contributed by atoms with van der Waals surface area (Å²) in [5, 5.41) is 12.6. The Morgan fingerprint density at radius 3 is 1.87 bits per heavy atom. The van der Waals surface area contributed by atoms with E-state index in [2.05, 4.69) is 5.32 Å². The van der Waals surface area contributed by atoms with Crippen molar-refractivity contribution in [2.75, 3.05) is 0 Å². The Morgan fingerprint density at radius 2 is 1.60 bits per heavy atom. The molecular weight excluding hydrogens is 192 g/mol. The lowest BCUT2D eigenvalue weighted by Crippen LogP contribution is -2.58. The number of carbonyl (C=O) groups is 1. The second kappa shape index (κ2) is 4.10. The van der Waals surface area contributed by atoms with Crippen LogP contribution in [0.4, 0.5) is 0 Å². The molecule has 0 aromatic carbocycles. The monoisotopic (exact) mass is 216 g/mol. The minimum absolute atomic E-state index is 0.144. The molecule has 0 spiro atoms. The Hall–Kier alpha value is -0.610. The van der Waals surface area contributed by atoms with Crippen molar-refractivity contribution < 1.29 is 9.90 Å². The zero-order chi connectivity index (χ0) is 12.5. The molecule has 4 nitrogen and oxygen atoms in total. The minimum Gasteiger partial charge on any atom is -0.388 e. The van der Waals surface area contributed by atoms with Gasteiger partial charge in [-0.15, -0.1) is 0 Å². The highest BCUT2D eigenvalue weighted by molar-refractivity contribution is 5.78. The molecule has 0 saturated carbocycles. The van der Waals surface area contributed by atoms with E-state index in [0.29, 0.717) is 0 Å². The molecule has 0 aliphatic rings. The highest BCUT2D eigenvalue weighted by Gasteiger charge is 2.36. The SMILES string of the molecule is CC(C)(N)CC(=O)NC(C)(C)C(C)(C)O.